The fraction of sp³-hybridized carbons (Fsp3) is 0.250. The Balaban J connectivity index is 2.80. The van der Waals surface area contributed by atoms with Gasteiger partial charge in [-0.25, -0.2) is 4.98 Å². The van der Waals surface area contributed by atoms with Gasteiger partial charge in [0.15, 0.2) is 0 Å². The van der Waals surface area contributed by atoms with Gasteiger partial charge < -0.3 is 0 Å². The summed E-state index contributed by atoms with van der Waals surface area (Å²) in [5.74, 6) is 0.295. The molecule has 0 saturated heterocycles. The van der Waals surface area contributed by atoms with Crippen LogP contribution in [0.3, 0.4) is 0 Å². The Morgan fingerprint density at radius 2 is 2.12 bits per heavy atom. The van der Waals surface area contributed by atoms with Crippen LogP contribution in [0.25, 0.3) is 10.9 Å². The molecule has 88 valence electrons. The second kappa shape index (κ2) is 4.30. The van der Waals surface area contributed by atoms with Gasteiger partial charge in [0.05, 0.1) is 10.4 Å². The smallest absolute Gasteiger partial charge is 0.258 e. The maximum atomic E-state index is 10.8. The van der Waals surface area contributed by atoms with Crippen LogP contribution in [0.5, 0.6) is 0 Å². The average molecular weight is 251 g/mol. The van der Waals surface area contributed by atoms with Crippen LogP contribution in [0.4, 0.5) is 5.69 Å². The van der Waals surface area contributed by atoms with E-state index in [4.69, 9.17) is 11.6 Å². The van der Waals surface area contributed by atoms with Gasteiger partial charge in [-0.3, -0.25) is 10.1 Å². The van der Waals surface area contributed by atoms with Gasteiger partial charge in [0, 0.05) is 5.39 Å². The van der Waals surface area contributed by atoms with Crippen LogP contribution in [0, 0.1) is 10.1 Å². The molecule has 0 radical (unpaired) electrons. The third-order valence-corrected chi connectivity index (χ3v) is 3.06. The molecule has 1 aromatic carbocycles. The molecule has 17 heavy (non-hydrogen) atoms. The molecule has 0 spiro atoms. The molecule has 0 saturated carbocycles. The van der Waals surface area contributed by atoms with Gasteiger partial charge in [-0.1, -0.05) is 43.6 Å². The zero-order valence-electron chi connectivity index (χ0n) is 9.48. The van der Waals surface area contributed by atoms with Crippen molar-refractivity contribution >= 4 is 28.2 Å². The van der Waals surface area contributed by atoms with Crippen molar-refractivity contribution in [3.8, 4) is 0 Å². The van der Waals surface area contributed by atoms with Crippen LogP contribution >= 0.6 is 11.6 Å². The molecule has 4 nitrogen and oxygen atoms in total. The highest BCUT2D eigenvalue weighted by atomic mass is 35.5. The molecule has 2 aromatic rings. The Labute approximate surface area is 103 Å². The summed E-state index contributed by atoms with van der Waals surface area (Å²) in [6, 6.07) is 5.56. The number of hydrogen-bond donors (Lipinski definition) is 0. The summed E-state index contributed by atoms with van der Waals surface area (Å²) in [6.45, 7) is 4.09. The zero-order chi connectivity index (χ0) is 12.6. The van der Waals surface area contributed by atoms with Crippen LogP contribution in [0.1, 0.15) is 25.3 Å². The molecule has 0 aliphatic carbocycles. The fourth-order valence-electron chi connectivity index (χ4n) is 1.80. The lowest BCUT2D eigenvalue weighted by Gasteiger charge is -2.09. The van der Waals surface area contributed by atoms with E-state index in [1.807, 2.05) is 26.0 Å². The molecule has 1 aromatic heterocycles. The molecule has 0 amide bonds. The number of nitrogens with zero attached hydrogens (tertiary/aromatic N) is 2. The highest BCUT2D eigenvalue weighted by Gasteiger charge is 2.17. The first-order valence-corrected chi connectivity index (χ1v) is 5.61. The Bertz CT molecular complexity index is 596. The molecule has 0 fully saturated rings. The Morgan fingerprint density at radius 3 is 2.71 bits per heavy atom. The largest absolute Gasteiger partial charge is 0.306 e. The molecule has 0 unspecified atom stereocenters. The van der Waals surface area contributed by atoms with E-state index in [-0.39, 0.29) is 10.7 Å². The minimum absolute atomic E-state index is 0.153. The topological polar surface area (TPSA) is 56.0 Å². The molecular weight excluding hydrogens is 240 g/mol. The first kappa shape index (κ1) is 11.8. The highest BCUT2D eigenvalue weighted by molar-refractivity contribution is 6.37. The SMILES string of the molecule is CC(C)c1cccc2c(Cl)c([N+](=O)[O-])cnc12. The highest BCUT2D eigenvalue weighted by Crippen LogP contribution is 2.33. The second-order valence-electron chi connectivity index (χ2n) is 4.11. The van der Waals surface area contributed by atoms with Crippen molar-refractivity contribution in [1.29, 1.82) is 0 Å². The van der Waals surface area contributed by atoms with E-state index in [1.165, 1.54) is 6.20 Å². The summed E-state index contributed by atoms with van der Waals surface area (Å²) < 4.78 is 0. The number of rotatable bonds is 2. The number of hydrogen-bond acceptors (Lipinski definition) is 3. The van der Waals surface area contributed by atoms with Gasteiger partial charge in [-0.05, 0) is 11.5 Å². The van der Waals surface area contributed by atoms with Crippen molar-refractivity contribution in [3.63, 3.8) is 0 Å². The van der Waals surface area contributed by atoms with Crippen LogP contribution in [0.2, 0.25) is 5.02 Å². The molecule has 0 N–H and O–H groups in total. The molecule has 2 rings (SSSR count). The van der Waals surface area contributed by atoms with E-state index in [1.54, 1.807) is 6.07 Å². The first-order valence-electron chi connectivity index (χ1n) is 5.24. The van der Waals surface area contributed by atoms with Gasteiger partial charge >= 0.3 is 5.69 Å². The number of para-hydroxylation sites is 1. The van der Waals surface area contributed by atoms with Crippen molar-refractivity contribution in [2.24, 2.45) is 0 Å². The van der Waals surface area contributed by atoms with Crippen molar-refractivity contribution < 1.29 is 4.92 Å². The molecule has 0 atom stereocenters. The van der Waals surface area contributed by atoms with Crippen molar-refractivity contribution in [3.05, 3.63) is 45.1 Å². The van der Waals surface area contributed by atoms with E-state index < -0.39 is 4.92 Å². The summed E-state index contributed by atoms with van der Waals surface area (Å²) in [5, 5.41) is 11.6. The summed E-state index contributed by atoms with van der Waals surface area (Å²) in [7, 11) is 0. The first-order chi connectivity index (χ1) is 8.02. The number of pyridine rings is 1. The number of aromatic nitrogens is 1. The number of halogens is 1. The van der Waals surface area contributed by atoms with E-state index in [0.29, 0.717) is 11.3 Å². The Kier molecular flexibility index (Phi) is 2.98. The molecule has 0 aliphatic heterocycles. The summed E-state index contributed by atoms with van der Waals surface area (Å²) in [6.07, 6.45) is 1.22. The predicted octanol–water partition coefficient (Wildman–Crippen LogP) is 3.92. The molecule has 0 aliphatic rings. The van der Waals surface area contributed by atoms with Gasteiger partial charge in [0.2, 0.25) is 0 Å². The summed E-state index contributed by atoms with van der Waals surface area (Å²) in [4.78, 5) is 14.4. The molecule has 1 heterocycles. The third-order valence-electron chi connectivity index (χ3n) is 2.66. The predicted molar refractivity (Wildman–Crippen MR) is 67.5 cm³/mol. The maximum Gasteiger partial charge on any atom is 0.306 e. The van der Waals surface area contributed by atoms with Crippen molar-refractivity contribution in [1.82, 2.24) is 4.98 Å². The van der Waals surface area contributed by atoms with E-state index in [2.05, 4.69) is 4.98 Å². The van der Waals surface area contributed by atoms with Crippen molar-refractivity contribution in [2.75, 3.05) is 0 Å². The lowest BCUT2D eigenvalue weighted by molar-refractivity contribution is -0.384. The summed E-state index contributed by atoms with van der Waals surface area (Å²) in [5.41, 5.74) is 1.62. The van der Waals surface area contributed by atoms with Gasteiger partial charge in [0.1, 0.15) is 11.2 Å². The average Bonchev–Trinajstić information content (AvgIpc) is 2.28. The zero-order valence-corrected chi connectivity index (χ0v) is 10.2. The maximum absolute atomic E-state index is 10.8. The second-order valence-corrected chi connectivity index (χ2v) is 4.49. The lowest BCUT2D eigenvalue weighted by atomic mass is 10.00. The quantitative estimate of drug-likeness (QED) is 0.600. The van der Waals surface area contributed by atoms with Gasteiger partial charge in [-0.15, -0.1) is 0 Å². The minimum atomic E-state index is -0.517. The van der Waals surface area contributed by atoms with Gasteiger partial charge in [0.25, 0.3) is 0 Å². The lowest BCUT2D eigenvalue weighted by Crippen LogP contribution is -1.95. The standard InChI is InChI=1S/C12H11ClN2O2/c1-7(2)8-4-3-5-9-11(13)10(15(16)17)6-14-12(8)9/h3-7H,1-2H3. The molecular formula is C12H11ClN2O2. The molecule has 0 bridgehead atoms. The van der Waals surface area contributed by atoms with Crippen molar-refractivity contribution in [2.45, 2.75) is 19.8 Å². The Hall–Kier alpha value is -1.68. The van der Waals surface area contributed by atoms with E-state index in [0.717, 1.165) is 11.1 Å². The van der Waals surface area contributed by atoms with Crippen LogP contribution < -0.4 is 0 Å². The normalized spacial score (nSPS) is 11.1. The van der Waals surface area contributed by atoms with Crippen LogP contribution in [0.15, 0.2) is 24.4 Å². The monoisotopic (exact) mass is 250 g/mol. The number of fused-ring (bicyclic) bond motifs is 1. The van der Waals surface area contributed by atoms with Crippen LogP contribution in [-0.4, -0.2) is 9.91 Å². The third kappa shape index (κ3) is 1.96. The Morgan fingerprint density at radius 1 is 1.41 bits per heavy atom. The fourth-order valence-corrected chi connectivity index (χ4v) is 2.07. The summed E-state index contributed by atoms with van der Waals surface area (Å²) >= 11 is 6.03. The van der Waals surface area contributed by atoms with E-state index >= 15 is 0 Å². The number of benzene rings is 1. The van der Waals surface area contributed by atoms with Crippen LogP contribution in [-0.2, 0) is 0 Å². The number of nitro groups is 1. The van der Waals surface area contributed by atoms with E-state index in [9.17, 15) is 10.1 Å². The molecule has 5 heteroatoms. The minimum Gasteiger partial charge on any atom is -0.258 e. The van der Waals surface area contributed by atoms with Gasteiger partial charge in [-0.2, -0.15) is 0 Å².